The summed E-state index contributed by atoms with van der Waals surface area (Å²) in [4.78, 5) is 0. The van der Waals surface area contributed by atoms with Crippen LogP contribution in [0.15, 0.2) is 12.1 Å². The Morgan fingerprint density at radius 2 is 1.54 bits per heavy atom. The second kappa shape index (κ2) is 9.67. The van der Waals surface area contributed by atoms with Crippen molar-refractivity contribution in [3.63, 3.8) is 0 Å². The van der Waals surface area contributed by atoms with E-state index < -0.39 is 40.6 Å². The van der Waals surface area contributed by atoms with Crippen LogP contribution in [0.25, 0.3) is 5.73 Å². The maximum absolute atomic E-state index is 13.3. The van der Waals surface area contributed by atoms with Crippen LogP contribution in [-0.4, -0.2) is 6.10 Å². The maximum atomic E-state index is 13.3. The summed E-state index contributed by atoms with van der Waals surface area (Å²) in [6, 6.07) is 2.75. The van der Waals surface area contributed by atoms with E-state index in [4.69, 9.17) is 14.0 Å². The van der Waals surface area contributed by atoms with Crippen molar-refractivity contribution in [3.8, 4) is 5.75 Å². The normalized spacial score (nSPS) is 12.5. The van der Waals surface area contributed by atoms with Gasteiger partial charge in [0.15, 0.2) is 11.6 Å². The molecule has 3 rings (SSSR count). The van der Waals surface area contributed by atoms with E-state index >= 15 is 0 Å². The van der Waals surface area contributed by atoms with Crippen LogP contribution in [0.4, 0.5) is 32.0 Å². The third-order valence-corrected chi connectivity index (χ3v) is 3.09. The average molecular weight is 553 g/mol. The molecule has 1 aliphatic carbocycles. The van der Waals surface area contributed by atoms with E-state index in [1.807, 2.05) is 6.07 Å². The van der Waals surface area contributed by atoms with Crippen molar-refractivity contribution < 1.29 is 53.2 Å². The molecule has 1 fully saturated rings. The second-order valence-electron chi connectivity index (χ2n) is 5.08. The van der Waals surface area contributed by atoms with Crippen LogP contribution in [0.1, 0.15) is 18.4 Å². The topological polar surface area (TPSA) is 50.1 Å². The van der Waals surface area contributed by atoms with Crippen molar-refractivity contribution in [1.29, 1.82) is 0 Å². The number of hydrogen-bond donors (Lipinski definition) is 0. The fourth-order valence-corrected chi connectivity index (χ4v) is 1.60. The Labute approximate surface area is 155 Å². The van der Waals surface area contributed by atoms with Gasteiger partial charge in [0.05, 0.1) is 11.9 Å². The van der Waals surface area contributed by atoms with E-state index in [-0.39, 0.29) is 17.4 Å². The van der Waals surface area contributed by atoms with Gasteiger partial charge in [0.1, 0.15) is 5.82 Å². The first-order valence-corrected chi connectivity index (χ1v) is 7.98. The molecule has 0 heterocycles. The Kier molecular flexibility index (Phi) is 8.22. The summed E-state index contributed by atoms with van der Waals surface area (Å²) in [6.45, 7) is 1.17. The van der Waals surface area contributed by atoms with E-state index in [9.17, 15) is 26.3 Å². The number of rotatable bonds is 2. The Bertz CT molecular complexity index is 736. The number of halogens is 6. The summed E-state index contributed by atoms with van der Waals surface area (Å²) >= 11 is 0.611. The predicted molar refractivity (Wildman–Crippen MR) is 74.5 cm³/mol. The van der Waals surface area contributed by atoms with Crippen molar-refractivity contribution in [2.75, 3.05) is 0 Å². The first kappa shape index (κ1) is 22.1. The first-order valence-electron chi connectivity index (χ1n) is 6.94. The molecule has 10 heteroatoms. The zero-order valence-electron chi connectivity index (χ0n) is 13.1. The molecule has 0 aliphatic heterocycles. The third kappa shape index (κ3) is 5.80. The second-order valence-corrected chi connectivity index (χ2v) is 5.08. The number of benzene rings is 2. The van der Waals surface area contributed by atoms with Crippen LogP contribution in [0.5, 0.6) is 5.75 Å². The SMILES string of the molecule is Cc1c(F)c(F)[c-]c(OC2CC2)c1F.[NH-]c1cc(F)c(F)cc1F.[O]=[Os]. The molecule has 0 aromatic heterocycles. The summed E-state index contributed by atoms with van der Waals surface area (Å²) < 4.78 is 88.5. The van der Waals surface area contributed by atoms with Crippen LogP contribution in [-0.2, 0) is 22.1 Å². The van der Waals surface area contributed by atoms with Crippen molar-refractivity contribution >= 4 is 5.69 Å². The average Bonchev–Trinajstić information content (AvgIpc) is 3.42. The molecular formula is C16H11F6NO2Os-2. The standard InChI is InChI=1S/C10H8F3O.C6H3F3N.O.Os/c1-5-9(12)7(11)4-8(10(5)13)14-6-2-3-6;7-3-1-5(9)6(10)2-4(3)8;;/h6H,2-3H2,1H3;1-2,10H;;/q2*-1;;. The molecule has 1 N–H and O–H groups in total. The fraction of sp³-hybridized carbons (Fsp3) is 0.250. The molecule has 2 aromatic rings. The van der Waals surface area contributed by atoms with E-state index in [0.29, 0.717) is 30.7 Å². The Hall–Kier alpha value is -1.94. The summed E-state index contributed by atoms with van der Waals surface area (Å²) in [5.41, 5.74) is 5.67. The van der Waals surface area contributed by atoms with Crippen LogP contribution in [0, 0.1) is 47.9 Å². The van der Waals surface area contributed by atoms with Gasteiger partial charge in [-0.1, -0.05) is 18.6 Å². The number of hydrogen-bond acceptors (Lipinski definition) is 2. The van der Waals surface area contributed by atoms with Crippen LogP contribution in [0.2, 0.25) is 0 Å². The third-order valence-electron chi connectivity index (χ3n) is 3.09. The van der Waals surface area contributed by atoms with Crippen molar-refractivity contribution in [2.24, 2.45) is 0 Å². The Morgan fingerprint density at radius 3 is 2.04 bits per heavy atom. The molecule has 144 valence electrons. The molecule has 1 saturated carbocycles. The minimum atomic E-state index is -1.27. The Balaban J connectivity index is 0.000000249. The molecule has 26 heavy (non-hydrogen) atoms. The van der Waals surface area contributed by atoms with Gasteiger partial charge in [-0.25, -0.2) is 17.6 Å². The van der Waals surface area contributed by atoms with Crippen LogP contribution >= 0.6 is 0 Å². The molecule has 2 aromatic carbocycles. The zero-order valence-corrected chi connectivity index (χ0v) is 15.6. The van der Waals surface area contributed by atoms with Gasteiger partial charge in [-0.05, 0) is 18.9 Å². The summed E-state index contributed by atoms with van der Waals surface area (Å²) in [5.74, 6) is -7.11. The minimum absolute atomic E-state index is 0.0648. The van der Waals surface area contributed by atoms with Gasteiger partial charge in [0.2, 0.25) is 0 Å². The van der Waals surface area contributed by atoms with E-state index in [2.05, 4.69) is 0 Å². The summed E-state index contributed by atoms with van der Waals surface area (Å²) in [7, 11) is 0. The van der Waals surface area contributed by atoms with Gasteiger partial charge in [-0.15, -0.1) is 5.69 Å². The molecule has 1 aliphatic rings. The zero-order chi connectivity index (χ0) is 20.0. The number of nitrogens with one attached hydrogen (secondary N) is 1. The predicted octanol–water partition coefficient (Wildman–Crippen LogP) is 5.42. The summed E-state index contributed by atoms with van der Waals surface area (Å²) in [6.07, 6.45) is 1.58. The van der Waals surface area contributed by atoms with Crippen molar-refractivity contribution in [2.45, 2.75) is 25.9 Å². The molecular weight excluding hydrogens is 542 g/mol. The Morgan fingerprint density at radius 1 is 1.00 bits per heavy atom. The quantitative estimate of drug-likeness (QED) is 0.284. The molecule has 0 spiro atoms. The van der Waals surface area contributed by atoms with Gasteiger partial charge >= 0.3 is 22.1 Å². The van der Waals surface area contributed by atoms with Gasteiger partial charge in [0, 0.05) is 23.5 Å². The van der Waals surface area contributed by atoms with Gasteiger partial charge in [-0.2, -0.15) is 0 Å². The van der Waals surface area contributed by atoms with E-state index in [1.165, 1.54) is 6.92 Å². The molecule has 3 nitrogen and oxygen atoms in total. The van der Waals surface area contributed by atoms with E-state index in [1.54, 1.807) is 0 Å². The summed E-state index contributed by atoms with van der Waals surface area (Å²) in [5, 5.41) is 0. The molecule has 0 unspecified atom stereocenters. The fourth-order valence-electron chi connectivity index (χ4n) is 1.60. The van der Waals surface area contributed by atoms with E-state index in [0.717, 1.165) is 12.8 Å². The van der Waals surface area contributed by atoms with Gasteiger partial charge in [0.25, 0.3) is 0 Å². The van der Waals surface area contributed by atoms with Crippen molar-refractivity contribution in [3.05, 3.63) is 64.4 Å². The molecule has 0 amide bonds. The van der Waals surface area contributed by atoms with Crippen molar-refractivity contribution in [1.82, 2.24) is 0 Å². The molecule has 0 saturated heterocycles. The monoisotopic (exact) mass is 555 g/mol. The molecule has 0 bridgehead atoms. The number of ether oxygens (including phenoxy) is 1. The van der Waals surface area contributed by atoms with Gasteiger partial charge in [-0.3, -0.25) is 8.78 Å². The van der Waals surface area contributed by atoms with Crippen LogP contribution in [0.3, 0.4) is 0 Å². The first-order chi connectivity index (χ1) is 12.2. The van der Waals surface area contributed by atoms with Gasteiger partial charge < -0.3 is 10.5 Å². The molecule has 0 radical (unpaired) electrons. The van der Waals surface area contributed by atoms with Crippen LogP contribution < -0.4 is 4.74 Å². The molecule has 0 atom stereocenters.